The van der Waals surface area contributed by atoms with E-state index in [1.807, 2.05) is 7.11 Å². The standard InChI is InChI=1S/C28H36N2O/c1-19-11-12-23(15-22-9-7-6-8-10-22)27(31-5)26(19)28-13-14-30(4)21(3)25(28)16-24(18-29)20(2)17-28/h6-12,20-21,24-25H,13-17H2,1-5H3/t20?,21?,24?,25?,28-/m0/s1. The van der Waals surface area contributed by atoms with E-state index in [2.05, 4.69) is 81.3 Å². The van der Waals surface area contributed by atoms with Crippen LogP contribution in [-0.4, -0.2) is 31.6 Å². The fraction of sp³-hybridized carbons (Fsp3) is 0.536. The first-order valence-electron chi connectivity index (χ1n) is 11.7. The molecule has 1 saturated heterocycles. The van der Waals surface area contributed by atoms with Gasteiger partial charge in [-0.2, -0.15) is 5.26 Å². The van der Waals surface area contributed by atoms with Gasteiger partial charge in [-0.3, -0.25) is 0 Å². The summed E-state index contributed by atoms with van der Waals surface area (Å²) in [5, 5.41) is 9.83. The van der Waals surface area contributed by atoms with Crippen LogP contribution in [0.2, 0.25) is 0 Å². The van der Waals surface area contributed by atoms with Crippen LogP contribution in [0.1, 0.15) is 55.4 Å². The van der Waals surface area contributed by atoms with Gasteiger partial charge in [-0.25, -0.2) is 0 Å². The second kappa shape index (κ2) is 8.67. The van der Waals surface area contributed by atoms with E-state index in [-0.39, 0.29) is 11.3 Å². The monoisotopic (exact) mass is 416 g/mol. The molecule has 3 nitrogen and oxygen atoms in total. The molecule has 2 fully saturated rings. The minimum atomic E-state index is 0.0703. The van der Waals surface area contributed by atoms with Crippen molar-refractivity contribution in [3.63, 3.8) is 0 Å². The smallest absolute Gasteiger partial charge is 0.126 e. The molecule has 0 aromatic heterocycles. The normalized spacial score (nSPS) is 31.0. The van der Waals surface area contributed by atoms with E-state index in [1.165, 1.54) is 22.3 Å². The number of methoxy groups -OCH3 is 1. The number of piperidine rings is 1. The van der Waals surface area contributed by atoms with Gasteiger partial charge in [0, 0.05) is 29.4 Å². The van der Waals surface area contributed by atoms with Crippen molar-refractivity contribution in [1.82, 2.24) is 4.90 Å². The van der Waals surface area contributed by atoms with E-state index in [1.54, 1.807) is 0 Å². The molecule has 1 saturated carbocycles. The van der Waals surface area contributed by atoms with Crippen molar-refractivity contribution in [2.45, 2.75) is 57.9 Å². The molecule has 4 unspecified atom stereocenters. The van der Waals surface area contributed by atoms with E-state index < -0.39 is 0 Å². The SMILES string of the molecule is COc1c(Cc2ccccc2)ccc(C)c1[C@]12CCN(C)C(C)C1CC(C#N)C(C)C2. The van der Waals surface area contributed by atoms with Crippen LogP contribution in [-0.2, 0) is 11.8 Å². The zero-order valence-corrected chi connectivity index (χ0v) is 19.7. The van der Waals surface area contributed by atoms with Gasteiger partial charge in [0.25, 0.3) is 0 Å². The lowest BCUT2D eigenvalue weighted by molar-refractivity contribution is -0.00721. The van der Waals surface area contributed by atoms with Crippen molar-refractivity contribution >= 4 is 0 Å². The summed E-state index contributed by atoms with van der Waals surface area (Å²) in [6.45, 7) is 7.98. The van der Waals surface area contributed by atoms with Crippen LogP contribution in [0.15, 0.2) is 42.5 Å². The number of fused-ring (bicyclic) bond motifs is 1. The highest BCUT2D eigenvalue weighted by Gasteiger charge is 2.54. The van der Waals surface area contributed by atoms with Crippen molar-refractivity contribution in [2.75, 3.05) is 20.7 Å². The Labute approximate surface area is 188 Å². The third-order valence-electron chi connectivity index (χ3n) is 8.33. The van der Waals surface area contributed by atoms with Crippen molar-refractivity contribution in [3.05, 3.63) is 64.7 Å². The molecule has 1 heterocycles. The molecule has 164 valence electrons. The summed E-state index contributed by atoms with van der Waals surface area (Å²) in [6.07, 6.45) is 4.06. The quantitative estimate of drug-likeness (QED) is 0.637. The molecule has 0 N–H and O–H groups in total. The summed E-state index contributed by atoms with van der Waals surface area (Å²) < 4.78 is 6.20. The topological polar surface area (TPSA) is 36.3 Å². The maximum atomic E-state index is 9.83. The van der Waals surface area contributed by atoms with E-state index in [4.69, 9.17) is 4.74 Å². The van der Waals surface area contributed by atoms with Gasteiger partial charge in [0.1, 0.15) is 5.75 Å². The van der Waals surface area contributed by atoms with Gasteiger partial charge in [-0.05, 0) is 75.2 Å². The Hall–Kier alpha value is -2.31. The molecule has 1 aliphatic carbocycles. The summed E-state index contributed by atoms with van der Waals surface area (Å²) in [5.74, 6) is 2.09. The van der Waals surface area contributed by atoms with Gasteiger partial charge in [0.2, 0.25) is 0 Å². The molecule has 0 radical (unpaired) electrons. The predicted octanol–water partition coefficient (Wildman–Crippen LogP) is 5.74. The third kappa shape index (κ3) is 3.76. The molecule has 0 amide bonds. The first-order valence-corrected chi connectivity index (χ1v) is 11.7. The second-order valence-electron chi connectivity index (χ2n) is 10.00. The van der Waals surface area contributed by atoms with Crippen LogP contribution >= 0.6 is 0 Å². The molecule has 2 aromatic carbocycles. The average Bonchev–Trinajstić information content (AvgIpc) is 2.78. The Kier molecular flexibility index (Phi) is 6.13. The van der Waals surface area contributed by atoms with Gasteiger partial charge in [-0.15, -0.1) is 0 Å². The van der Waals surface area contributed by atoms with Crippen LogP contribution in [0, 0.1) is 36.0 Å². The molecule has 2 aliphatic rings. The van der Waals surface area contributed by atoms with Crippen LogP contribution < -0.4 is 4.74 Å². The first kappa shape index (κ1) is 21.9. The number of nitrogens with zero attached hydrogens (tertiary/aromatic N) is 2. The summed E-state index contributed by atoms with van der Waals surface area (Å²) in [4.78, 5) is 2.49. The number of likely N-dealkylation sites (tertiary alicyclic amines) is 1. The number of aryl methyl sites for hydroxylation is 1. The number of ether oxygens (including phenoxy) is 1. The number of hydrogen-bond acceptors (Lipinski definition) is 3. The number of benzene rings is 2. The molecule has 31 heavy (non-hydrogen) atoms. The Morgan fingerprint density at radius 1 is 1.16 bits per heavy atom. The third-order valence-corrected chi connectivity index (χ3v) is 8.33. The van der Waals surface area contributed by atoms with Gasteiger partial charge in [0.05, 0.1) is 13.2 Å². The summed E-state index contributed by atoms with van der Waals surface area (Å²) in [6, 6.07) is 18.3. The number of nitriles is 1. The Morgan fingerprint density at radius 3 is 2.58 bits per heavy atom. The summed E-state index contributed by atoms with van der Waals surface area (Å²) >= 11 is 0. The molecule has 0 spiro atoms. The molecular formula is C28H36N2O. The highest BCUT2D eigenvalue weighted by Crippen LogP contribution is 2.57. The van der Waals surface area contributed by atoms with Crippen LogP contribution in [0.5, 0.6) is 5.75 Å². The Balaban J connectivity index is 1.86. The van der Waals surface area contributed by atoms with Crippen LogP contribution in [0.3, 0.4) is 0 Å². The van der Waals surface area contributed by atoms with Crippen molar-refractivity contribution < 1.29 is 4.74 Å². The van der Waals surface area contributed by atoms with Gasteiger partial charge < -0.3 is 9.64 Å². The van der Waals surface area contributed by atoms with E-state index in [0.717, 1.165) is 38.0 Å². The van der Waals surface area contributed by atoms with E-state index in [9.17, 15) is 5.26 Å². The summed E-state index contributed by atoms with van der Waals surface area (Å²) in [5.41, 5.74) is 5.39. The highest BCUT2D eigenvalue weighted by molar-refractivity contribution is 5.53. The van der Waals surface area contributed by atoms with Gasteiger partial charge >= 0.3 is 0 Å². The van der Waals surface area contributed by atoms with Crippen molar-refractivity contribution in [3.8, 4) is 11.8 Å². The van der Waals surface area contributed by atoms with E-state index in [0.29, 0.717) is 17.9 Å². The average molecular weight is 417 g/mol. The zero-order valence-electron chi connectivity index (χ0n) is 19.7. The molecule has 4 rings (SSSR count). The minimum absolute atomic E-state index is 0.0703. The highest BCUT2D eigenvalue weighted by atomic mass is 16.5. The van der Waals surface area contributed by atoms with Crippen molar-refractivity contribution in [2.24, 2.45) is 17.8 Å². The maximum absolute atomic E-state index is 9.83. The van der Waals surface area contributed by atoms with Crippen molar-refractivity contribution in [1.29, 1.82) is 5.26 Å². The number of rotatable bonds is 4. The second-order valence-corrected chi connectivity index (χ2v) is 10.00. The number of hydrogen-bond donors (Lipinski definition) is 0. The summed E-state index contributed by atoms with van der Waals surface area (Å²) in [7, 11) is 4.07. The van der Waals surface area contributed by atoms with Crippen LogP contribution in [0.4, 0.5) is 0 Å². The van der Waals surface area contributed by atoms with Gasteiger partial charge in [0.15, 0.2) is 0 Å². The lowest BCUT2D eigenvalue weighted by Crippen LogP contribution is -2.57. The predicted molar refractivity (Wildman–Crippen MR) is 126 cm³/mol. The first-order chi connectivity index (χ1) is 14.9. The van der Waals surface area contributed by atoms with E-state index >= 15 is 0 Å². The molecule has 5 atom stereocenters. The Morgan fingerprint density at radius 2 is 1.90 bits per heavy atom. The van der Waals surface area contributed by atoms with Crippen LogP contribution in [0.25, 0.3) is 0 Å². The molecule has 1 aliphatic heterocycles. The lowest BCUT2D eigenvalue weighted by Gasteiger charge is -2.57. The molecule has 2 aromatic rings. The zero-order chi connectivity index (χ0) is 22.2. The molecular weight excluding hydrogens is 380 g/mol. The Bertz CT molecular complexity index is 963. The maximum Gasteiger partial charge on any atom is 0.126 e. The fourth-order valence-corrected chi connectivity index (χ4v) is 6.56. The van der Waals surface area contributed by atoms with Gasteiger partial charge in [-0.1, -0.05) is 49.4 Å². The lowest BCUT2D eigenvalue weighted by atomic mass is 9.52. The largest absolute Gasteiger partial charge is 0.496 e. The molecule has 3 heteroatoms. The molecule has 0 bridgehead atoms. The minimum Gasteiger partial charge on any atom is -0.496 e. The fourth-order valence-electron chi connectivity index (χ4n) is 6.56.